The zero-order valence-electron chi connectivity index (χ0n) is 9.55. The van der Waals surface area contributed by atoms with Crippen LogP contribution in [0.5, 0.6) is 5.75 Å². The van der Waals surface area contributed by atoms with Crippen LogP contribution in [0.15, 0.2) is 16.6 Å². The normalized spacial score (nSPS) is 10.7. The number of benzene rings is 1. The third-order valence-electron chi connectivity index (χ3n) is 1.90. The van der Waals surface area contributed by atoms with E-state index in [1.54, 1.807) is 13.0 Å². The number of carbonyl (C=O) groups excluding carboxylic acids is 1. The van der Waals surface area contributed by atoms with E-state index in [9.17, 15) is 18.0 Å². The highest BCUT2D eigenvalue weighted by atomic mass is 79.9. The highest BCUT2D eigenvalue weighted by molar-refractivity contribution is 9.10. The molecule has 19 heavy (non-hydrogen) atoms. The van der Waals surface area contributed by atoms with Crippen molar-refractivity contribution in [3.8, 4) is 11.8 Å². The second-order valence-corrected chi connectivity index (χ2v) is 4.06. The fourth-order valence-electron chi connectivity index (χ4n) is 1.27. The molecule has 0 radical (unpaired) electrons. The molecule has 0 atom stereocenters. The van der Waals surface area contributed by atoms with Crippen molar-refractivity contribution in [3.05, 3.63) is 27.7 Å². The van der Waals surface area contributed by atoms with Crippen LogP contribution in [0.3, 0.4) is 0 Å². The van der Waals surface area contributed by atoms with Gasteiger partial charge in [-0.15, -0.1) is 13.2 Å². The van der Waals surface area contributed by atoms with Crippen molar-refractivity contribution in [2.24, 2.45) is 0 Å². The molecule has 0 aliphatic rings. The number of esters is 1. The topological polar surface area (TPSA) is 59.3 Å². The Hall–Kier alpha value is -1.75. The number of carbonyl (C=O) groups is 1. The minimum atomic E-state index is -4.88. The van der Waals surface area contributed by atoms with Crippen LogP contribution in [0.25, 0.3) is 0 Å². The lowest BCUT2D eigenvalue weighted by molar-refractivity contribution is -0.274. The van der Waals surface area contributed by atoms with E-state index in [1.165, 1.54) is 0 Å². The van der Waals surface area contributed by atoms with Gasteiger partial charge in [0.05, 0.1) is 17.7 Å². The Balaban J connectivity index is 3.23. The summed E-state index contributed by atoms with van der Waals surface area (Å²) in [6.07, 6.45) is -4.88. The van der Waals surface area contributed by atoms with E-state index in [2.05, 4.69) is 20.7 Å². The first-order valence-electron chi connectivity index (χ1n) is 4.95. The molecule has 8 heteroatoms. The average molecular weight is 338 g/mol. The number of hydrogen-bond donors (Lipinski definition) is 0. The van der Waals surface area contributed by atoms with Gasteiger partial charge in [-0.1, -0.05) is 0 Å². The largest absolute Gasteiger partial charge is 0.573 e. The molecule has 0 aliphatic heterocycles. The molecular weight excluding hydrogens is 331 g/mol. The third kappa shape index (κ3) is 4.13. The van der Waals surface area contributed by atoms with Crippen molar-refractivity contribution in [2.75, 3.05) is 6.61 Å². The van der Waals surface area contributed by atoms with Crippen molar-refractivity contribution in [1.29, 1.82) is 5.26 Å². The standard InChI is InChI=1S/C11H7BrF3NO3/c1-2-18-10(17)9-6(5-16)3-7(4-8(9)12)19-11(13,14)15/h3-4H,2H2,1H3. The summed E-state index contributed by atoms with van der Waals surface area (Å²) >= 11 is 2.92. The Morgan fingerprint density at radius 1 is 1.47 bits per heavy atom. The molecule has 1 aromatic carbocycles. The summed E-state index contributed by atoms with van der Waals surface area (Å²) in [5.41, 5.74) is -0.411. The van der Waals surface area contributed by atoms with Gasteiger partial charge in [-0.25, -0.2) is 4.79 Å². The molecule has 1 aromatic rings. The van der Waals surface area contributed by atoms with Crippen molar-refractivity contribution >= 4 is 21.9 Å². The summed E-state index contributed by atoms with van der Waals surface area (Å²) < 4.78 is 44.6. The summed E-state index contributed by atoms with van der Waals surface area (Å²) in [5, 5.41) is 8.87. The van der Waals surface area contributed by atoms with Crippen molar-refractivity contribution < 1.29 is 27.4 Å². The first-order chi connectivity index (χ1) is 8.78. The number of nitrogens with zero attached hydrogens (tertiary/aromatic N) is 1. The lowest BCUT2D eigenvalue weighted by Crippen LogP contribution is -2.17. The summed E-state index contributed by atoms with van der Waals surface area (Å²) in [7, 11) is 0. The van der Waals surface area contributed by atoms with Gasteiger partial charge in [-0.05, 0) is 35.0 Å². The van der Waals surface area contributed by atoms with Gasteiger partial charge in [0.1, 0.15) is 11.8 Å². The lowest BCUT2D eigenvalue weighted by Gasteiger charge is -2.12. The molecule has 0 saturated carbocycles. The lowest BCUT2D eigenvalue weighted by atomic mass is 10.1. The summed E-state index contributed by atoms with van der Waals surface area (Å²) in [6.45, 7) is 1.65. The highest BCUT2D eigenvalue weighted by Gasteiger charge is 2.32. The number of alkyl halides is 3. The van der Waals surface area contributed by atoms with E-state index in [4.69, 9.17) is 10.00 Å². The minimum absolute atomic E-state index is 0.00995. The Morgan fingerprint density at radius 3 is 2.58 bits per heavy atom. The number of hydrogen-bond acceptors (Lipinski definition) is 4. The molecule has 0 fully saturated rings. The van der Waals surface area contributed by atoms with Gasteiger partial charge in [0.2, 0.25) is 0 Å². The Bertz CT molecular complexity index is 537. The number of halogens is 4. The molecule has 4 nitrogen and oxygen atoms in total. The van der Waals surface area contributed by atoms with Gasteiger partial charge in [0, 0.05) is 4.47 Å². The molecule has 0 aliphatic carbocycles. The number of ether oxygens (including phenoxy) is 2. The van der Waals surface area contributed by atoms with E-state index < -0.39 is 18.1 Å². The minimum Gasteiger partial charge on any atom is -0.462 e. The zero-order chi connectivity index (χ0) is 14.6. The third-order valence-corrected chi connectivity index (χ3v) is 2.52. The van der Waals surface area contributed by atoms with Crippen LogP contribution in [-0.2, 0) is 4.74 Å². The maximum atomic E-state index is 12.1. The Kier molecular flexibility index (Phi) is 4.78. The van der Waals surface area contributed by atoms with Crippen molar-refractivity contribution in [1.82, 2.24) is 0 Å². The summed E-state index contributed by atoms with van der Waals surface area (Å²) in [6, 6.07) is 3.39. The van der Waals surface area contributed by atoms with Crippen LogP contribution in [0, 0.1) is 11.3 Å². The fraction of sp³-hybridized carbons (Fsp3) is 0.273. The molecule has 102 valence electrons. The molecule has 0 amide bonds. The second kappa shape index (κ2) is 5.93. The van der Waals surface area contributed by atoms with Crippen LogP contribution in [0.2, 0.25) is 0 Å². The van der Waals surface area contributed by atoms with E-state index in [-0.39, 0.29) is 22.2 Å². The fourth-order valence-corrected chi connectivity index (χ4v) is 1.87. The molecule has 0 unspecified atom stereocenters. The van der Waals surface area contributed by atoms with Gasteiger partial charge in [0.25, 0.3) is 0 Å². The van der Waals surface area contributed by atoms with Crippen LogP contribution >= 0.6 is 15.9 Å². The van der Waals surface area contributed by atoms with Crippen LogP contribution in [0.1, 0.15) is 22.8 Å². The maximum Gasteiger partial charge on any atom is 0.573 e. The Labute approximate surface area is 114 Å². The molecular formula is C11H7BrF3NO3. The van der Waals surface area contributed by atoms with Gasteiger partial charge < -0.3 is 9.47 Å². The molecule has 0 aromatic heterocycles. The molecule has 0 saturated heterocycles. The number of rotatable bonds is 3. The van der Waals surface area contributed by atoms with E-state index >= 15 is 0 Å². The van der Waals surface area contributed by atoms with Gasteiger partial charge in [-0.3, -0.25) is 0 Å². The summed E-state index contributed by atoms with van der Waals surface area (Å²) in [4.78, 5) is 11.6. The first kappa shape index (κ1) is 15.3. The summed E-state index contributed by atoms with van der Waals surface area (Å²) in [5.74, 6) is -1.39. The zero-order valence-corrected chi connectivity index (χ0v) is 11.1. The Morgan fingerprint density at radius 2 is 2.11 bits per heavy atom. The monoisotopic (exact) mass is 337 g/mol. The van der Waals surface area contributed by atoms with Gasteiger partial charge in [-0.2, -0.15) is 5.26 Å². The van der Waals surface area contributed by atoms with Crippen LogP contribution < -0.4 is 4.74 Å². The van der Waals surface area contributed by atoms with Crippen molar-refractivity contribution in [2.45, 2.75) is 13.3 Å². The van der Waals surface area contributed by atoms with Crippen LogP contribution in [0.4, 0.5) is 13.2 Å². The highest BCUT2D eigenvalue weighted by Crippen LogP contribution is 2.30. The predicted octanol–water partition coefficient (Wildman–Crippen LogP) is 3.40. The molecule has 0 N–H and O–H groups in total. The molecule has 0 bridgehead atoms. The predicted molar refractivity (Wildman–Crippen MR) is 61.5 cm³/mol. The second-order valence-electron chi connectivity index (χ2n) is 3.21. The van der Waals surface area contributed by atoms with E-state index in [0.717, 1.165) is 12.1 Å². The van der Waals surface area contributed by atoms with E-state index in [0.29, 0.717) is 0 Å². The van der Waals surface area contributed by atoms with Gasteiger partial charge in [0.15, 0.2) is 0 Å². The quantitative estimate of drug-likeness (QED) is 0.793. The SMILES string of the molecule is CCOC(=O)c1c(Br)cc(OC(F)(F)F)cc1C#N. The molecule has 1 rings (SSSR count). The average Bonchev–Trinajstić information content (AvgIpc) is 2.25. The van der Waals surface area contributed by atoms with Crippen LogP contribution in [-0.4, -0.2) is 18.9 Å². The maximum absolute atomic E-state index is 12.1. The van der Waals surface area contributed by atoms with E-state index in [1.807, 2.05) is 0 Å². The number of nitriles is 1. The first-order valence-corrected chi connectivity index (χ1v) is 5.74. The van der Waals surface area contributed by atoms with Crippen molar-refractivity contribution in [3.63, 3.8) is 0 Å². The molecule has 0 heterocycles. The van der Waals surface area contributed by atoms with Gasteiger partial charge >= 0.3 is 12.3 Å². The molecule has 0 spiro atoms. The smallest absolute Gasteiger partial charge is 0.462 e.